The van der Waals surface area contributed by atoms with E-state index in [1.54, 1.807) is 0 Å². The van der Waals surface area contributed by atoms with Crippen molar-refractivity contribution in [3.63, 3.8) is 0 Å². The summed E-state index contributed by atoms with van der Waals surface area (Å²) in [7, 11) is 0. The van der Waals surface area contributed by atoms with Crippen molar-refractivity contribution in [1.82, 2.24) is 4.98 Å². The van der Waals surface area contributed by atoms with Crippen molar-refractivity contribution in [2.24, 2.45) is 10.7 Å². The number of anilines is 1. The minimum absolute atomic E-state index is 0.0186. The molecule has 7 nitrogen and oxygen atoms in total. The second-order valence-electron chi connectivity index (χ2n) is 6.68. The number of amidine groups is 1. The second kappa shape index (κ2) is 8.84. The smallest absolute Gasteiger partial charge is 0.387 e. The number of aryl methyl sites for hydroxylation is 1. The highest BCUT2D eigenvalue weighted by molar-refractivity contribution is 6.03. The second-order valence-corrected chi connectivity index (χ2v) is 6.68. The average Bonchev–Trinajstić information content (AvgIpc) is 2.68. The molecule has 3 N–H and O–H groups in total. The van der Waals surface area contributed by atoms with E-state index in [-0.39, 0.29) is 35.1 Å². The van der Waals surface area contributed by atoms with Gasteiger partial charge in [-0.3, -0.25) is 9.79 Å². The van der Waals surface area contributed by atoms with Gasteiger partial charge in [-0.15, -0.1) is 0 Å². The number of carbonyl (C=O) groups excluding carboxylic acids is 1. The Hall–Kier alpha value is -3.28. The topological polar surface area (TPSA) is 98.8 Å². The maximum absolute atomic E-state index is 14.5. The van der Waals surface area contributed by atoms with Crippen LogP contribution in [0.3, 0.4) is 0 Å². The zero-order chi connectivity index (χ0) is 22.8. The predicted octanol–water partition coefficient (Wildman–Crippen LogP) is 3.23. The molecule has 1 aliphatic rings. The highest BCUT2D eigenvalue weighted by Crippen LogP contribution is 2.38. The van der Waals surface area contributed by atoms with Crippen LogP contribution in [0.5, 0.6) is 5.75 Å². The number of aliphatic imine (C=N–C) groups is 1. The Kier molecular flexibility index (Phi) is 6.39. The molecule has 1 aromatic carbocycles. The first kappa shape index (κ1) is 22.4. The summed E-state index contributed by atoms with van der Waals surface area (Å²) in [5, 5.41) is 2.41. The van der Waals surface area contributed by atoms with Gasteiger partial charge in [0.1, 0.15) is 29.7 Å². The SMILES string of the molecule is Cc1cc(OC(F)F)cnc1C(=O)Nc1ccc(F)c(C2(C(F)F)COCC(N)=N2)c1. The summed E-state index contributed by atoms with van der Waals surface area (Å²) in [6.45, 7) is -2.38. The Morgan fingerprint density at radius 2 is 2.03 bits per heavy atom. The number of alkyl halides is 4. The predicted molar refractivity (Wildman–Crippen MR) is 100 cm³/mol. The quantitative estimate of drug-likeness (QED) is 0.667. The van der Waals surface area contributed by atoms with Gasteiger partial charge in [-0.05, 0) is 36.8 Å². The molecular weight excluding hydrogens is 427 g/mol. The van der Waals surface area contributed by atoms with Crippen molar-refractivity contribution < 1.29 is 36.2 Å². The zero-order valence-corrected chi connectivity index (χ0v) is 16.0. The van der Waals surface area contributed by atoms with Crippen LogP contribution in [-0.4, -0.2) is 43.0 Å². The molecule has 0 radical (unpaired) electrons. The number of amides is 1. The molecule has 0 saturated heterocycles. The van der Waals surface area contributed by atoms with Crippen LogP contribution < -0.4 is 15.8 Å². The van der Waals surface area contributed by atoms with E-state index in [0.29, 0.717) is 0 Å². The molecule has 31 heavy (non-hydrogen) atoms. The Bertz CT molecular complexity index is 1020. The molecule has 1 aromatic heterocycles. The molecule has 2 heterocycles. The first-order valence-corrected chi connectivity index (χ1v) is 8.85. The van der Waals surface area contributed by atoms with E-state index < -0.39 is 42.5 Å². The maximum atomic E-state index is 14.5. The minimum Gasteiger partial charge on any atom is -0.433 e. The van der Waals surface area contributed by atoms with E-state index in [0.717, 1.165) is 24.4 Å². The molecule has 1 atom stereocenters. The number of nitrogens with zero attached hydrogens (tertiary/aromatic N) is 2. The molecule has 1 amide bonds. The molecular formula is C19H17F5N4O3. The van der Waals surface area contributed by atoms with Crippen LogP contribution in [0, 0.1) is 12.7 Å². The molecule has 0 aliphatic carbocycles. The summed E-state index contributed by atoms with van der Waals surface area (Å²) < 4.78 is 76.1. The van der Waals surface area contributed by atoms with Gasteiger partial charge in [0.2, 0.25) is 0 Å². The maximum Gasteiger partial charge on any atom is 0.387 e. The zero-order valence-electron chi connectivity index (χ0n) is 16.0. The van der Waals surface area contributed by atoms with Crippen molar-refractivity contribution in [3.8, 4) is 5.75 Å². The van der Waals surface area contributed by atoms with Crippen LogP contribution in [0.15, 0.2) is 35.5 Å². The van der Waals surface area contributed by atoms with Crippen LogP contribution >= 0.6 is 0 Å². The molecule has 2 aromatic rings. The Labute approximate surface area is 173 Å². The van der Waals surface area contributed by atoms with Crippen molar-refractivity contribution >= 4 is 17.4 Å². The number of rotatable bonds is 6. The largest absolute Gasteiger partial charge is 0.433 e. The van der Waals surface area contributed by atoms with Gasteiger partial charge < -0.3 is 20.5 Å². The van der Waals surface area contributed by atoms with Crippen LogP contribution in [0.25, 0.3) is 0 Å². The Balaban J connectivity index is 1.90. The lowest BCUT2D eigenvalue weighted by molar-refractivity contribution is -0.0501. The number of nitrogens with two attached hydrogens (primary N) is 1. The first-order valence-electron chi connectivity index (χ1n) is 8.85. The van der Waals surface area contributed by atoms with E-state index in [1.165, 1.54) is 13.0 Å². The molecule has 166 valence electrons. The summed E-state index contributed by atoms with van der Waals surface area (Å²) >= 11 is 0. The number of nitrogens with one attached hydrogen (secondary N) is 1. The molecule has 0 fully saturated rings. The van der Waals surface area contributed by atoms with Gasteiger partial charge in [0.15, 0.2) is 5.54 Å². The van der Waals surface area contributed by atoms with E-state index in [9.17, 15) is 26.7 Å². The number of hydrogen-bond donors (Lipinski definition) is 2. The normalized spacial score (nSPS) is 18.8. The number of halogens is 5. The number of benzene rings is 1. The summed E-state index contributed by atoms with van der Waals surface area (Å²) in [6.07, 6.45) is -2.20. The molecule has 3 rings (SSSR count). The van der Waals surface area contributed by atoms with Gasteiger partial charge in [-0.2, -0.15) is 8.78 Å². The number of hydrogen-bond acceptors (Lipinski definition) is 6. The molecule has 0 saturated carbocycles. The molecule has 1 unspecified atom stereocenters. The number of ether oxygens (including phenoxy) is 2. The number of pyridine rings is 1. The van der Waals surface area contributed by atoms with Crippen LogP contribution in [0.2, 0.25) is 0 Å². The first-order chi connectivity index (χ1) is 14.6. The fourth-order valence-electron chi connectivity index (χ4n) is 3.08. The van der Waals surface area contributed by atoms with Crippen LogP contribution in [0.1, 0.15) is 21.6 Å². The van der Waals surface area contributed by atoms with Gasteiger partial charge in [0.05, 0.1) is 12.8 Å². The van der Waals surface area contributed by atoms with Crippen LogP contribution in [0.4, 0.5) is 27.6 Å². The summed E-state index contributed by atoms with van der Waals surface area (Å²) in [4.78, 5) is 20.1. The van der Waals surface area contributed by atoms with Gasteiger partial charge in [-0.1, -0.05) is 0 Å². The van der Waals surface area contributed by atoms with Crippen molar-refractivity contribution in [2.45, 2.75) is 25.5 Å². The van der Waals surface area contributed by atoms with E-state index in [4.69, 9.17) is 10.5 Å². The van der Waals surface area contributed by atoms with Crippen molar-refractivity contribution in [2.75, 3.05) is 18.5 Å². The fourth-order valence-corrected chi connectivity index (χ4v) is 3.08. The van der Waals surface area contributed by atoms with Gasteiger partial charge >= 0.3 is 6.61 Å². The average molecular weight is 444 g/mol. The fraction of sp³-hybridized carbons (Fsp3) is 0.316. The monoisotopic (exact) mass is 444 g/mol. The molecule has 0 bridgehead atoms. The lowest BCUT2D eigenvalue weighted by Crippen LogP contribution is -2.45. The Morgan fingerprint density at radius 3 is 2.65 bits per heavy atom. The minimum atomic E-state index is -3.14. The van der Waals surface area contributed by atoms with Gasteiger partial charge in [0, 0.05) is 11.3 Å². The third-order valence-corrected chi connectivity index (χ3v) is 4.46. The van der Waals surface area contributed by atoms with E-state index >= 15 is 0 Å². The van der Waals surface area contributed by atoms with Crippen molar-refractivity contribution in [1.29, 1.82) is 0 Å². The lowest BCUT2D eigenvalue weighted by atomic mass is 9.90. The molecule has 12 heteroatoms. The third kappa shape index (κ3) is 4.74. The number of carbonyl (C=O) groups is 1. The standard InChI is InChI=1S/C19H17F5N4O3/c1-9-4-11(31-18(23)24)6-26-15(9)16(29)27-10-2-3-13(20)12(5-10)19(17(21)22)8-30-7-14(25)28-19/h2-6,17-18H,7-8H2,1H3,(H2,25,28)(H,27,29). The van der Waals surface area contributed by atoms with Crippen LogP contribution in [-0.2, 0) is 10.3 Å². The molecule has 1 aliphatic heterocycles. The van der Waals surface area contributed by atoms with E-state index in [2.05, 4.69) is 20.0 Å². The molecule has 0 spiro atoms. The highest BCUT2D eigenvalue weighted by atomic mass is 19.3. The van der Waals surface area contributed by atoms with Gasteiger partial charge in [0.25, 0.3) is 12.3 Å². The van der Waals surface area contributed by atoms with E-state index in [1.807, 2.05) is 0 Å². The summed E-state index contributed by atoms with van der Waals surface area (Å²) in [5.74, 6) is -2.21. The highest BCUT2D eigenvalue weighted by Gasteiger charge is 2.46. The summed E-state index contributed by atoms with van der Waals surface area (Å²) in [6, 6.07) is 4.26. The van der Waals surface area contributed by atoms with Crippen molar-refractivity contribution in [3.05, 3.63) is 53.1 Å². The lowest BCUT2D eigenvalue weighted by Gasteiger charge is -2.33. The van der Waals surface area contributed by atoms with Gasteiger partial charge in [-0.25, -0.2) is 18.2 Å². The Morgan fingerprint density at radius 1 is 1.29 bits per heavy atom. The summed E-state index contributed by atoms with van der Waals surface area (Å²) in [5.41, 5.74) is 2.73. The third-order valence-electron chi connectivity index (χ3n) is 4.46. The number of aromatic nitrogens is 1.